The predicted octanol–water partition coefficient (Wildman–Crippen LogP) is 0.760. The molecule has 1 saturated heterocycles. The van der Waals surface area contributed by atoms with E-state index in [0.717, 1.165) is 25.0 Å². The van der Waals surface area contributed by atoms with Crippen LogP contribution in [0.25, 0.3) is 0 Å². The van der Waals surface area contributed by atoms with Crippen LogP contribution in [0.4, 0.5) is 0 Å². The van der Waals surface area contributed by atoms with Gasteiger partial charge in [0, 0.05) is 13.2 Å². The van der Waals surface area contributed by atoms with Gasteiger partial charge in [0.25, 0.3) is 0 Å². The fourth-order valence-corrected chi connectivity index (χ4v) is 2.26. The van der Waals surface area contributed by atoms with Gasteiger partial charge in [-0.1, -0.05) is 0 Å². The van der Waals surface area contributed by atoms with Crippen LogP contribution >= 0.6 is 0 Å². The third-order valence-corrected chi connectivity index (χ3v) is 2.89. The Bertz CT molecular complexity index is 126. The van der Waals surface area contributed by atoms with Crippen molar-refractivity contribution < 1.29 is 4.74 Å². The molecule has 1 heterocycles. The molecule has 2 N–H and O–H groups in total. The number of fused-ring (bicyclic) bond motifs is 2. The first-order valence-corrected chi connectivity index (χ1v) is 4.22. The zero-order chi connectivity index (χ0) is 6.97. The molecule has 58 valence electrons. The monoisotopic (exact) mass is 141 g/mol. The first-order valence-electron chi connectivity index (χ1n) is 4.22. The number of rotatable bonds is 1. The maximum atomic E-state index is 5.59. The van der Waals surface area contributed by atoms with Crippen LogP contribution in [0.5, 0.6) is 0 Å². The summed E-state index contributed by atoms with van der Waals surface area (Å²) in [4.78, 5) is 0. The molecule has 0 aromatic rings. The molecule has 2 nitrogen and oxygen atoms in total. The Labute approximate surface area is 61.7 Å². The maximum absolute atomic E-state index is 5.59. The van der Waals surface area contributed by atoms with Crippen LogP contribution in [0, 0.1) is 11.8 Å². The molecule has 3 atom stereocenters. The van der Waals surface area contributed by atoms with Crippen LogP contribution in [0.1, 0.15) is 19.3 Å². The molecular formula is C8H15NO. The van der Waals surface area contributed by atoms with E-state index in [2.05, 4.69) is 0 Å². The minimum Gasteiger partial charge on any atom is -0.376 e. The van der Waals surface area contributed by atoms with Crippen molar-refractivity contribution in [1.29, 1.82) is 0 Å². The molecule has 1 aliphatic carbocycles. The second-order valence-corrected chi connectivity index (χ2v) is 3.55. The average molecular weight is 141 g/mol. The van der Waals surface area contributed by atoms with Crippen LogP contribution in [0.2, 0.25) is 0 Å². The van der Waals surface area contributed by atoms with Gasteiger partial charge in [0.2, 0.25) is 0 Å². The predicted molar refractivity (Wildman–Crippen MR) is 39.6 cm³/mol. The molecule has 10 heavy (non-hydrogen) atoms. The van der Waals surface area contributed by atoms with Gasteiger partial charge in [-0.15, -0.1) is 0 Å². The average Bonchev–Trinajstić information content (AvgIpc) is 2.34. The van der Waals surface area contributed by atoms with E-state index in [0.29, 0.717) is 6.10 Å². The topological polar surface area (TPSA) is 35.2 Å². The van der Waals surface area contributed by atoms with E-state index in [1.807, 2.05) is 0 Å². The zero-order valence-corrected chi connectivity index (χ0v) is 6.25. The number of ether oxygens (including phenoxy) is 1. The summed E-state index contributed by atoms with van der Waals surface area (Å²) in [5.74, 6) is 1.66. The van der Waals surface area contributed by atoms with Crippen molar-refractivity contribution >= 4 is 0 Å². The normalized spacial score (nSPS) is 45.9. The highest BCUT2D eigenvalue weighted by Gasteiger charge is 2.35. The lowest BCUT2D eigenvalue weighted by Gasteiger charge is -2.27. The molecular weight excluding hydrogens is 126 g/mol. The minimum atomic E-state index is 0.388. The van der Waals surface area contributed by atoms with E-state index in [4.69, 9.17) is 10.5 Å². The van der Waals surface area contributed by atoms with Crippen LogP contribution in [-0.2, 0) is 4.74 Å². The van der Waals surface area contributed by atoms with Crippen LogP contribution < -0.4 is 5.73 Å². The Kier molecular flexibility index (Phi) is 1.66. The standard InChI is InChI=1S/C8H15NO/c9-4-8-7-2-1-6(3-7)5-10-8/h6-8H,1-5,9H2. The molecule has 0 spiro atoms. The van der Waals surface area contributed by atoms with Gasteiger partial charge in [0.05, 0.1) is 6.10 Å². The van der Waals surface area contributed by atoms with Gasteiger partial charge >= 0.3 is 0 Å². The van der Waals surface area contributed by atoms with Crippen molar-refractivity contribution in [2.24, 2.45) is 17.6 Å². The summed E-state index contributed by atoms with van der Waals surface area (Å²) in [6.07, 6.45) is 4.49. The lowest BCUT2D eigenvalue weighted by molar-refractivity contribution is -0.0230. The zero-order valence-electron chi connectivity index (χ0n) is 6.25. The fourth-order valence-electron chi connectivity index (χ4n) is 2.26. The number of hydrogen-bond donors (Lipinski definition) is 1. The van der Waals surface area contributed by atoms with Crippen molar-refractivity contribution in [2.75, 3.05) is 13.2 Å². The fraction of sp³-hybridized carbons (Fsp3) is 1.00. The van der Waals surface area contributed by atoms with E-state index >= 15 is 0 Å². The Morgan fingerprint density at radius 2 is 2.30 bits per heavy atom. The first kappa shape index (κ1) is 6.62. The molecule has 2 aliphatic rings. The minimum absolute atomic E-state index is 0.388. The Morgan fingerprint density at radius 3 is 3.10 bits per heavy atom. The van der Waals surface area contributed by atoms with Crippen LogP contribution in [0.3, 0.4) is 0 Å². The lowest BCUT2D eigenvalue weighted by atomic mass is 9.96. The highest BCUT2D eigenvalue weighted by atomic mass is 16.5. The van der Waals surface area contributed by atoms with Gasteiger partial charge in [-0.05, 0) is 31.1 Å². The van der Waals surface area contributed by atoms with Crippen LogP contribution in [0.15, 0.2) is 0 Å². The molecule has 0 radical (unpaired) electrons. The van der Waals surface area contributed by atoms with Crippen molar-refractivity contribution in [2.45, 2.75) is 25.4 Å². The van der Waals surface area contributed by atoms with Crippen molar-refractivity contribution in [3.05, 3.63) is 0 Å². The molecule has 2 fully saturated rings. The maximum Gasteiger partial charge on any atom is 0.0725 e. The highest BCUT2D eigenvalue weighted by Crippen LogP contribution is 2.38. The van der Waals surface area contributed by atoms with Gasteiger partial charge in [0.1, 0.15) is 0 Å². The molecule has 0 aromatic carbocycles. The largest absolute Gasteiger partial charge is 0.376 e. The summed E-state index contributed by atoms with van der Waals surface area (Å²) in [7, 11) is 0. The molecule has 1 saturated carbocycles. The summed E-state index contributed by atoms with van der Waals surface area (Å²) < 4.78 is 5.59. The van der Waals surface area contributed by atoms with E-state index in [9.17, 15) is 0 Å². The molecule has 2 bridgehead atoms. The summed E-state index contributed by atoms with van der Waals surface area (Å²) >= 11 is 0. The smallest absolute Gasteiger partial charge is 0.0725 e. The van der Waals surface area contributed by atoms with Gasteiger partial charge in [-0.3, -0.25) is 0 Å². The Morgan fingerprint density at radius 1 is 1.40 bits per heavy atom. The van der Waals surface area contributed by atoms with E-state index < -0.39 is 0 Å². The van der Waals surface area contributed by atoms with Crippen LogP contribution in [-0.4, -0.2) is 19.3 Å². The summed E-state index contributed by atoms with van der Waals surface area (Å²) in [5.41, 5.74) is 5.56. The Hall–Kier alpha value is -0.0800. The summed E-state index contributed by atoms with van der Waals surface area (Å²) in [5, 5.41) is 0. The SMILES string of the molecule is NCC1OCC2CCC1C2. The molecule has 2 rings (SSSR count). The van der Waals surface area contributed by atoms with Gasteiger partial charge in [-0.25, -0.2) is 0 Å². The third-order valence-electron chi connectivity index (χ3n) is 2.89. The molecule has 0 aromatic heterocycles. The molecule has 2 heteroatoms. The molecule has 0 amide bonds. The Balaban J connectivity index is 2.00. The number of hydrogen-bond acceptors (Lipinski definition) is 2. The second kappa shape index (κ2) is 2.51. The molecule has 1 aliphatic heterocycles. The van der Waals surface area contributed by atoms with Crippen molar-refractivity contribution in [3.63, 3.8) is 0 Å². The first-order chi connectivity index (χ1) is 4.90. The number of nitrogens with two attached hydrogens (primary N) is 1. The molecule has 3 unspecified atom stereocenters. The van der Waals surface area contributed by atoms with Gasteiger partial charge in [-0.2, -0.15) is 0 Å². The second-order valence-electron chi connectivity index (χ2n) is 3.55. The van der Waals surface area contributed by atoms with E-state index in [-0.39, 0.29) is 0 Å². The van der Waals surface area contributed by atoms with E-state index in [1.54, 1.807) is 0 Å². The quantitative estimate of drug-likeness (QED) is 0.585. The summed E-state index contributed by atoms with van der Waals surface area (Å²) in [6, 6.07) is 0. The summed E-state index contributed by atoms with van der Waals surface area (Å²) in [6.45, 7) is 1.69. The van der Waals surface area contributed by atoms with Gasteiger partial charge < -0.3 is 10.5 Å². The van der Waals surface area contributed by atoms with E-state index in [1.165, 1.54) is 19.3 Å². The lowest BCUT2D eigenvalue weighted by Crippen LogP contribution is -2.35. The van der Waals surface area contributed by atoms with Gasteiger partial charge in [0.15, 0.2) is 0 Å². The highest BCUT2D eigenvalue weighted by molar-refractivity contribution is 4.85. The van der Waals surface area contributed by atoms with Crippen molar-refractivity contribution in [3.8, 4) is 0 Å². The third kappa shape index (κ3) is 0.956. The van der Waals surface area contributed by atoms with Crippen molar-refractivity contribution in [1.82, 2.24) is 0 Å².